The van der Waals surface area contributed by atoms with Gasteiger partial charge in [0.2, 0.25) is 27.2 Å². The topological polar surface area (TPSA) is 96.9 Å². The van der Waals surface area contributed by atoms with E-state index in [0.717, 1.165) is 19.1 Å². The van der Waals surface area contributed by atoms with Gasteiger partial charge >= 0.3 is 0 Å². The Morgan fingerprint density at radius 3 is 2.43 bits per heavy atom. The van der Waals surface area contributed by atoms with Crippen LogP contribution in [0.5, 0.6) is 0 Å². The molecular weight excluding hydrogens is 338 g/mol. The fourth-order valence-electron chi connectivity index (χ4n) is 1.95. The number of anilines is 2. The van der Waals surface area contributed by atoms with Crippen LogP contribution >= 0.6 is 11.6 Å². The van der Waals surface area contributed by atoms with Gasteiger partial charge in [-0.05, 0) is 36.9 Å². The summed E-state index contributed by atoms with van der Waals surface area (Å²) < 4.78 is 24.6. The first-order valence-corrected chi connectivity index (χ1v) is 9.28. The molecular formula is C14H18ClN5O2S. The minimum atomic E-state index is -3.47. The molecule has 0 amide bonds. The molecule has 1 aromatic heterocycles. The fourth-order valence-corrected chi connectivity index (χ4v) is 2.53. The third-order valence-electron chi connectivity index (χ3n) is 2.97. The van der Waals surface area contributed by atoms with Gasteiger partial charge in [0.1, 0.15) is 0 Å². The maximum atomic E-state index is 11.2. The lowest BCUT2D eigenvalue weighted by atomic mass is 10.1. The van der Waals surface area contributed by atoms with Gasteiger partial charge in [-0.3, -0.25) is 4.72 Å². The smallest absolute Gasteiger partial charge is 0.242 e. The Kier molecular flexibility index (Phi) is 5.73. The summed E-state index contributed by atoms with van der Waals surface area (Å²) in [5, 5.41) is 3.02. The number of aryl methyl sites for hydroxylation is 1. The average Bonchev–Trinajstić information content (AvgIpc) is 2.43. The standard InChI is InChI=1S/C14H18ClN5O2S/c1-10(8-9-11-6-4-3-5-7-11)16-13-17-12(15)18-14(19-13)20-23(2,21)22/h3-7,10H,8-9H2,1-2H3,(H2,16,17,18,19,20). The van der Waals surface area contributed by atoms with Crippen molar-refractivity contribution in [3.8, 4) is 0 Å². The van der Waals surface area contributed by atoms with Crippen LogP contribution in [0.1, 0.15) is 18.9 Å². The summed E-state index contributed by atoms with van der Waals surface area (Å²) in [7, 11) is -3.47. The molecule has 1 aromatic carbocycles. The zero-order chi connectivity index (χ0) is 16.9. The van der Waals surface area contributed by atoms with Crippen LogP contribution in [0.3, 0.4) is 0 Å². The van der Waals surface area contributed by atoms with Crippen molar-refractivity contribution in [2.45, 2.75) is 25.8 Å². The van der Waals surface area contributed by atoms with Gasteiger partial charge in [-0.1, -0.05) is 30.3 Å². The van der Waals surface area contributed by atoms with Crippen molar-refractivity contribution in [2.24, 2.45) is 0 Å². The first-order valence-electron chi connectivity index (χ1n) is 7.01. The Morgan fingerprint density at radius 2 is 1.78 bits per heavy atom. The molecule has 7 nitrogen and oxygen atoms in total. The highest BCUT2D eigenvalue weighted by Crippen LogP contribution is 2.13. The highest BCUT2D eigenvalue weighted by Gasteiger charge is 2.11. The first-order chi connectivity index (χ1) is 10.8. The number of sulfonamides is 1. The molecule has 0 radical (unpaired) electrons. The number of benzene rings is 1. The van der Waals surface area contributed by atoms with E-state index in [1.54, 1.807) is 0 Å². The molecule has 1 unspecified atom stereocenters. The molecule has 1 heterocycles. The summed E-state index contributed by atoms with van der Waals surface area (Å²) in [5.74, 6) is 0.127. The van der Waals surface area contributed by atoms with Crippen molar-refractivity contribution in [1.82, 2.24) is 15.0 Å². The van der Waals surface area contributed by atoms with Crippen molar-refractivity contribution in [3.05, 3.63) is 41.2 Å². The van der Waals surface area contributed by atoms with Crippen LogP contribution in [-0.4, -0.2) is 35.7 Å². The predicted octanol–water partition coefficient (Wildman–Crippen LogP) is 2.33. The minimum Gasteiger partial charge on any atom is -0.352 e. The molecule has 2 N–H and O–H groups in total. The molecule has 0 saturated carbocycles. The highest BCUT2D eigenvalue weighted by atomic mass is 35.5. The molecule has 23 heavy (non-hydrogen) atoms. The lowest BCUT2D eigenvalue weighted by molar-refractivity contribution is 0.606. The van der Waals surface area contributed by atoms with Gasteiger partial charge in [0.15, 0.2) is 0 Å². The number of hydrogen-bond donors (Lipinski definition) is 2. The van der Waals surface area contributed by atoms with Crippen LogP contribution in [0.2, 0.25) is 5.28 Å². The number of hydrogen-bond acceptors (Lipinski definition) is 6. The van der Waals surface area contributed by atoms with E-state index in [2.05, 4.69) is 37.1 Å². The SMILES string of the molecule is CC(CCc1ccccc1)Nc1nc(Cl)nc(NS(C)(=O)=O)n1. The summed E-state index contributed by atoms with van der Waals surface area (Å²) in [6.07, 6.45) is 2.78. The zero-order valence-electron chi connectivity index (χ0n) is 12.8. The minimum absolute atomic E-state index is 0.0797. The van der Waals surface area contributed by atoms with Crippen LogP contribution < -0.4 is 10.0 Å². The van der Waals surface area contributed by atoms with Crippen LogP contribution in [0.25, 0.3) is 0 Å². The molecule has 0 aliphatic heterocycles. The van der Waals surface area contributed by atoms with Crippen molar-refractivity contribution in [1.29, 1.82) is 0 Å². The maximum absolute atomic E-state index is 11.2. The van der Waals surface area contributed by atoms with E-state index in [4.69, 9.17) is 11.6 Å². The van der Waals surface area contributed by atoms with E-state index in [0.29, 0.717) is 0 Å². The Morgan fingerprint density at radius 1 is 1.13 bits per heavy atom. The van der Waals surface area contributed by atoms with E-state index in [9.17, 15) is 8.42 Å². The average molecular weight is 356 g/mol. The van der Waals surface area contributed by atoms with Crippen LogP contribution in [0.4, 0.5) is 11.9 Å². The third kappa shape index (κ3) is 6.37. The highest BCUT2D eigenvalue weighted by molar-refractivity contribution is 7.91. The molecule has 2 aromatic rings. The molecule has 0 fully saturated rings. The lowest BCUT2D eigenvalue weighted by Gasteiger charge is -2.14. The van der Waals surface area contributed by atoms with Gasteiger partial charge in [0, 0.05) is 6.04 Å². The monoisotopic (exact) mass is 355 g/mol. The van der Waals surface area contributed by atoms with Crippen LogP contribution in [-0.2, 0) is 16.4 Å². The summed E-state index contributed by atoms with van der Waals surface area (Å²) in [5.41, 5.74) is 1.24. The third-order valence-corrected chi connectivity index (χ3v) is 3.69. The number of halogens is 1. The van der Waals surface area contributed by atoms with Crippen molar-refractivity contribution in [2.75, 3.05) is 16.3 Å². The van der Waals surface area contributed by atoms with E-state index < -0.39 is 10.0 Å². The molecule has 0 saturated heterocycles. The first kappa shape index (κ1) is 17.4. The molecule has 0 spiro atoms. The Balaban J connectivity index is 1.98. The number of nitrogens with zero attached hydrogens (tertiary/aromatic N) is 3. The van der Waals surface area contributed by atoms with Gasteiger partial charge in [-0.25, -0.2) is 8.42 Å². The number of nitrogens with one attached hydrogen (secondary N) is 2. The maximum Gasteiger partial charge on any atom is 0.242 e. The molecule has 0 aliphatic rings. The Bertz CT molecular complexity index is 755. The predicted molar refractivity (Wildman–Crippen MR) is 91.2 cm³/mol. The zero-order valence-corrected chi connectivity index (χ0v) is 14.4. The van der Waals surface area contributed by atoms with E-state index in [1.165, 1.54) is 5.56 Å². The molecule has 2 rings (SSSR count). The van der Waals surface area contributed by atoms with Crippen molar-refractivity contribution < 1.29 is 8.42 Å². The fraction of sp³-hybridized carbons (Fsp3) is 0.357. The molecule has 0 bridgehead atoms. The van der Waals surface area contributed by atoms with Crippen LogP contribution in [0, 0.1) is 0 Å². The second kappa shape index (κ2) is 7.56. The van der Waals surface area contributed by atoms with Gasteiger partial charge in [0.25, 0.3) is 0 Å². The van der Waals surface area contributed by atoms with E-state index >= 15 is 0 Å². The largest absolute Gasteiger partial charge is 0.352 e. The van der Waals surface area contributed by atoms with Crippen molar-refractivity contribution in [3.63, 3.8) is 0 Å². The lowest BCUT2D eigenvalue weighted by Crippen LogP contribution is -2.20. The van der Waals surface area contributed by atoms with Gasteiger partial charge in [0.05, 0.1) is 6.26 Å². The number of rotatable bonds is 7. The second-order valence-electron chi connectivity index (χ2n) is 5.20. The number of aromatic nitrogens is 3. The molecule has 0 aliphatic carbocycles. The second-order valence-corrected chi connectivity index (χ2v) is 7.28. The van der Waals surface area contributed by atoms with E-state index in [1.807, 2.05) is 25.1 Å². The quantitative estimate of drug-likeness (QED) is 0.791. The van der Waals surface area contributed by atoms with Crippen molar-refractivity contribution >= 4 is 33.5 Å². The normalized spacial score (nSPS) is 12.7. The van der Waals surface area contributed by atoms with E-state index in [-0.39, 0.29) is 23.2 Å². The Labute approximate surface area is 140 Å². The summed E-state index contributed by atoms with van der Waals surface area (Å²) in [6, 6.07) is 10.2. The summed E-state index contributed by atoms with van der Waals surface area (Å²) in [6.45, 7) is 1.99. The Hall–Kier alpha value is -1.93. The summed E-state index contributed by atoms with van der Waals surface area (Å²) in [4.78, 5) is 11.7. The van der Waals surface area contributed by atoms with Crippen LogP contribution in [0.15, 0.2) is 30.3 Å². The molecule has 124 valence electrons. The molecule has 9 heteroatoms. The van der Waals surface area contributed by atoms with Gasteiger partial charge < -0.3 is 5.32 Å². The summed E-state index contributed by atoms with van der Waals surface area (Å²) >= 11 is 5.80. The molecule has 1 atom stereocenters. The van der Waals surface area contributed by atoms with Gasteiger partial charge in [-0.2, -0.15) is 15.0 Å². The van der Waals surface area contributed by atoms with Gasteiger partial charge in [-0.15, -0.1) is 0 Å².